The van der Waals surface area contributed by atoms with Crippen LogP contribution in [0.15, 0.2) is 54.6 Å². The number of rotatable bonds is 12. The van der Waals surface area contributed by atoms with E-state index in [2.05, 4.69) is 5.32 Å². The SMILES string of the molecule is CC[C@@H](C)NC(=O)[C@H](C)N(CCc1ccccc1)C(=O)CSCc1ccc([N+](=O)[O-])cc1. The van der Waals surface area contributed by atoms with E-state index in [1.165, 1.54) is 23.9 Å². The van der Waals surface area contributed by atoms with Gasteiger partial charge >= 0.3 is 0 Å². The van der Waals surface area contributed by atoms with E-state index < -0.39 is 11.0 Å². The highest BCUT2D eigenvalue weighted by atomic mass is 32.2. The smallest absolute Gasteiger partial charge is 0.269 e. The van der Waals surface area contributed by atoms with Gasteiger partial charge in [0.1, 0.15) is 6.04 Å². The second-order valence-electron chi connectivity index (χ2n) is 7.73. The molecule has 0 saturated heterocycles. The molecular formula is C24H31N3O4S. The van der Waals surface area contributed by atoms with Gasteiger partial charge in [0.25, 0.3) is 5.69 Å². The highest BCUT2D eigenvalue weighted by Crippen LogP contribution is 2.18. The molecule has 2 aromatic carbocycles. The number of non-ortho nitro benzene ring substituents is 1. The summed E-state index contributed by atoms with van der Waals surface area (Å²) in [6, 6.07) is 15.7. The minimum Gasteiger partial charge on any atom is -0.352 e. The maximum Gasteiger partial charge on any atom is 0.269 e. The van der Waals surface area contributed by atoms with Crippen LogP contribution in [-0.2, 0) is 21.8 Å². The van der Waals surface area contributed by atoms with E-state index in [0.717, 1.165) is 17.5 Å². The molecule has 8 heteroatoms. The molecule has 2 atom stereocenters. The first-order valence-electron chi connectivity index (χ1n) is 10.8. The monoisotopic (exact) mass is 457 g/mol. The van der Waals surface area contributed by atoms with E-state index in [9.17, 15) is 19.7 Å². The molecule has 0 aliphatic carbocycles. The zero-order valence-corrected chi connectivity index (χ0v) is 19.6. The van der Waals surface area contributed by atoms with Crippen LogP contribution < -0.4 is 5.32 Å². The van der Waals surface area contributed by atoms with Gasteiger partial charge in [0, 0.05) is 30.5 Å². The van der Waals surface area contributed by atoms with Gasteiger partial charge in [-0.2, -0.15) is 0 Å². The third kappa shape index (κ3) is 8.00. The fraction of sp³-hybridized carbons (Fsp3) is 0.417. The first kappa shape index (κ1) is 25.4. The quantitative estimate of drug-likeness (QED) is 0.381. The van der Waals surface area contributed by atoms with E-state index in [1.807, 2.05) is 44.2 Å². The normalized spacial score (nSPS) is 12.6. The summed E-state index contributed by atoms with van der Waals surface area (Å²) >= 11 is 1.43. The summed E-state index contributed by atoms with van der Waals surface area (Å²) in [4.78, 5) is 37.7. The van der Waals surface area contributed by atoms with Gasteiger partial charge < -0.3 is 10.2 Å². The Balaban J connectivity index is 1.99. The third-order valence-electron chi connectivity index (χ3n) is 5.29. The molecule has 0 bridgehead atoms. The minimum absolute atomic E-state index is 0.0445. The van der Waals surface area contributed by atoms with E-state index in [-0.39, 0.29) is 29.3 Å². The highest BCUT2D eigenvalue weighted by molar-refractivity contribution is 7.99. The van der Waals surface area contributed by atoms with Crippen LogP contribution in [0.3, 0.4) is 0 Å². The second kappa shape index (κ2) is 12.9. The molecule has 0 fully saturated rings. The summed E-state index contributed by atoms with van der Waals surface area (Å²) in [5.74, 6) is 0.539. The number of nitrogens with one attached hydrogen (secondary N) is 1. The van der Waals surface area contributed by atoms with Crippen molar-refractivity contribution in [1.29, 1.82) is 0 Å². The van der Waals surface area contributed by atoms with E-state index in [1.54, 1.807) is 24.0 Å². The average Bonchev–Trinajstić information content (AvgIpc) is 2.79. The molecule has 32 heavy (non-hydrogen) atoms. The number of nitro benzene ring substituents is 1. The van der Waals surface area contributed by atoms with Crippen molar-refractivity contribution in [3.05, 3.63) is 75.8 Å². The van der Waals surface area contributed by atoms with Gasteiger partial charge in [0.15, 0.2) is 0 Å². The van der Waals surface area contributed by atoms with Crippen LogP contribution in [0.5, 0.6) is 0 Å². The molecule has 1 N–H and O–H groups in total. The molecule has 7 nitrogen and oxygen atoms in total. The molecular weight excluding hydrogens is 426 g/mol. The van der Waals surface area contributed by atoms with Crippen molar-refractivity contribution in [2.45, 2.75) is 51.4 Å². The molecule has 0 heterocycles. The average molecular weight is 458 g/mol. The molecule has 0 unspecified atom stereocenters. The van der Waals surface area contributed by atoms with Crippen LogP contribution in [0.2, 0.25) is 0 Å². The van der Waals surface area contributed by atoms with E-state index in [4.69, 9.17) is 0 Å². The zero-order valence-electron chi connectivity index (χ0n) is 18.8. The molecule has 2 aromatic rings. The number of thioether (sulfide) groups is 1. The maximum absolute atomic E-state index is 13.0. The summed E-state index contributed by atoms with van der Waals surface area (Å²) in [7, 11) is 0. The van der Waals surface area contributed by atoms with Crippen molar-refractivity contribution in [1.82, 2.24) is 10.2 Å². The summed E-state index contributed by atoms with van der Waals surface area (Å²) in [5.41, 5.74) is 2.06. The van der Waals surface area contributed by atoms with Crippen molar-refractivity contribution in [2.24, 2.45) is 0 Å². The lowest BCUT2D eigenvalue weighted by Gasteiger charge is -2.29. The molecule has 0 saturated carbocycles. The third-order valence-corrected chi connectivity index (χ3v) is 6.28. The van der Waals surface area contributed by atoms with E-state index >= 15 is 0 Å². The lowest BCUT2D eigenvalue weighted by atomic mass is 10.1. The Hall–Kier alpha value is -2.87. The highest BCUT2D eigenvalue weighted by Gasteiger charge is 2.26. The number of nitrogens with zero attached hydrogens (tertiary/aromatic N) is 2. The van der Waals surface area contributed by atoms with Crippen LogP contribution in [0.1, 0.15) is 38.3 Å². The van der Waals surface area contributed by atoms with Gasteiger partial charge in [-0.3, -0.25) is 19.7 Å². The van der Waals surface area contributed by atoms with Crippen molar-refractivity contribution in [3.63, 3.8) is 0 Å². The van der Waals surface area contributed by atoms with Crippen molar-refractivity contribution in [2.75, 3.05) is 12.3 Å². The van der Waals surface area contributed by atoms with Gasteiger partial charge in [0.2, 0.25) is 11.8 Å². The van der Waals surface area contributed by atoms with Crippen LogP contribution in [0.25, 0.3) is 0 Å². The number of amides is 2. The number of hydrogen-bond acceptors (Lipinski definition) is 5. The first-order chi connectivity index (χ1) is 15.3. The number of hydrogen-bond donors (Lipinski definition) is 1. The molecule has 2 amide bonds. The fourth-order valence-corrected chi connectivity index (χ4v) is 3.96. The van der Waals surface area contributed by atoms with Crippen molar-refractivity contribution < 1.29 is 14.5 Å². The predicted molar refractivity (Wildman–Crippen MR) is 128 cm³/mol. The molecule has 0 aliphatic heterocycles. The van der Waals surface area contributed by atoms with Crippen LogP contribution >= 0.6 is 11.8 Å². The van der Waals surface area contributed by atoms with Gasteiger partial charge in [0.05, 0.1) is 10.7 Å². The number of carbonyl (C=O) groups is 2. The molecule has 0 aliphatic rings. The summed E-state index contributed by atoms with van der Waals surface area (Å²) in [6.45, 7) is 6.17. The maximum atomic E-state index is 13.0. The topological polar surface area (TPSA) is 92.6 Å². The van der Waals surface area contributed by atoms with Gasteiger partial charge in [-0.1, -0.05) is 49.4 Å². The van der Waals surface area contributed by atoms with Crippen LogP contribution in [-0.4, -0.2) is 46.0 Å². The second-order valence-corrected chi connectivity index (χ2v) is 8.72. The molecule has 0 radical (unpaired) electrons. The number of nitro groups is 1. The summed E-state index contributed by atoms with van der Waals surface area (Å²) < 4.78 is 0. The molecule has 172 valence electrons. The lowest BCUT2D eigenvalue weighted by Crippen LogP contribution is -2.51. The molecule has 2 rings (SSSR count). The van der Waals surface area contributed by atoms with Crippen molar-refractivity contribution in [3.8, 4) is 0 Å². The Morgan fingerprint density at radius 1 is 1.06 bits per heavy atom. The Morgan fingerprint density at radius 2 is 1.72 bits per heavy atom. The van der Waals surface area contributed by atoms with Gasteiger partial charge in [-0.25, -0.2) is 0 Å². The standard InChI is InChI=1S/C24H31N3O4S/c1-4-18(2)25-24(29)19(3)26(15-14-20-8-6-5-7-9-20)23(28)17-32-16-21-10-12-22(13-11-21)27(30)31/h5-13,18-19H,4,14-17H2,1-3H3,(H,25,29)/t18-,19+/m1/s1. The Bertz CT molecular complexity index is 890. The van der Waals surface area contributed by atoms with Crippen molar-refractivity contribution >= 4 is 29.3 Å². The number of carbonyl (C=O) groups excluding carboxylic acids is 2. The Morgan fingerprint density at radius 3 is 2.31 bits per heavy atom. The Kier molecular flexibility index (Phi) is 10.2. The fourth-order valence-electron chi connectivity index (χ4n) is 3.09. The molecule has 0 aromatic heterocycles. The van der Waals surface area contributed by atoms with Gasteiger partial charge in [-0.15, -0.1) is 11.8 Å². The minimum atomic E-state index is -0.569. The number of benzene rings is 2. The van der Waals surface area contributed by atoms with E-state index in [0.29, 0.717) is 18.7 Å². The predicted octanol–water partition coefficient (Wildman–Crippen LogP) is 4.20. The van der Waals surface area contributed by atoms with Gasteiger partial charge in [-0.05, 0) is 37.8 Å². The summed E-state index contributed by atoms with van der Waals surface area (Å²) in [6.07, 6.45) is 1.49. The molecule has 0 spiro atoms. The summed E-state index contributed by atoms with van der Waals surface area (Å²) in [5, 5.41) is 13.7. The van der Waals surface area contributed by atoms with Crippen LogP contribution in [0.4, 0.5) is 5.69 Å². The Labute approximate surface area is 193 Å². The largest absolute Gasteiger partial charge is 0.352 e. The lowest BCUT2D eigenvalue weighted by molar-refractivity contribution is -0.384. The van der Waals surface area contributed by atoms with Crippen LogP contribution in [0, 0.1) is 10.1 Å². The zero-order chi connectivity index (χ0) is 23.5. The first-order valence-corrected chi connectivity index (χ1v) is 11.9.